The van der Waals surface area contributed by atoms with Gasteiger partial charge in [-0.05, 0) is 38.7 Å². The lowest BCUT2D eigenvalue weighted by atomic mass is 10.1. The predicted octanol–water partition coefficient (Wildman–Crippen LogP) is 2.21. The Morgan fingerprint density at radius 1 is 1.24 bits per heavy atom. The molecule has 29 heavy (non-hydrogen) atoms. The van der Waals surface area contributed by atoms with Gasteiger partial charge in [0.1, 0.15) is 5.82 Å². The van der Waals surface area contributed by atoms with Crippen LogP contribution in [0.5, 0.6) is 0 Å². The van der Waals surface area contributed by atoms with Crippen molar-refractivity contribution < 1.29 is 9.53 Å². The highest BCUT2D eigenvalue weighted by atomic mass is 32.2. The third kappa shape index (κ3) is 6.69. The summed E-state index contributed by atoms with van der Waals surface area (Å²) >= 11 is 1.59. The van der Waals surface area contributed by atoms with Crippen LogP contribution in [0.25, 0.3) is 0 Å². The summed E-state index contributed by atoms with van der Waals surface area (Å²) in [5.74, 6) is 1.63. The van der Waals surface area contributed by atoms with E-state index in [1.807, 2.05) is 56.3 Å². The molecule has 8 heteroatoms. The van der Waals surface area contributed by atoms with E-state index in [0.717, 1.165) is 55.1 Å². The number of anilines is 1. The number of likely N-dealkylation sites (N-methyl/N-ethyl adjacent to an activating group) is 1. The maximum atomic E-state index is 12.3. The van der Waals surface area contributed by atoms with E-state index in [2.05, 4.69) is 15.2 Å². The highest BCUT2D eigenvalue weighted by Gasteiger charge is 2.14. The molecule has 0 spiro atoms. The largest absolute Gasteiger partial charge is 0.378 e. The maximum absolute atomic E-state index is 12.3. The molecule has 1 fully saturated rings. The first-order valence-corrected chi connectivity index (χ1v) is 10.8. The Bertz CT molecular complexity index is 824. The van der Waals surface area contributed by atoms with Gasteiger partial charge >= 0.3 is 0 Å². The number of morpholine rings is 1. The SMILES string of the molecule is Cc1cc(N2CCOCC2)nc(SCc2cccc(C(=O)NCCN(C)C)c2)n1. The Morgan fingerprint density at radius 2 is 2.03 bits per heavy atom. The lowest BCUT2D eigenvalue weighted by molar-refractivity contribution is 0.0951. The van der Waals surface area contributed by atoms with Crippen molar-refractivity contribution in [2.24, 2.45) is 0 Å². The van der Waals surface area contributed by atoms with E-state index in [1.54, 1.807) is 11.8 Å². The van der Waals surface area contributed by atoms with Crippen molar-refractivity contribution in [3.05, 3.63) is 47.2 Å². The van der Waals surface area contributed by atoms with Crippen LogP contribution >= 0.6 is 11.8 Å². The Labute approximate surface area is 176 Å². The molecule has 156 valence electrons. The van der Waals surface area contributed by atoms with E-state index in [4.69, 9.17) is 9.72 Å². The van der Waals surface area contributed by atoms with Gasteiger partial charge in [-0.25, -0.2) is 9.97 Å². The lowest BCUT2D eigenvalue weighted by Gasteiger charge is -2.28. The summed E-state index contributed by atoms with van der Waals surface area (Å²) in [5, 5.41) is 3.71. The first-order valence-electron chi connectivity index (χ1n) is 9.84. The van der Waals surface area contributed by atoms with E-state index in [-0.39, 0.29) is 5.91 Å². The number of nitrogens with one attached hydrogen (secondary N) is 1. The second kappa shape index (κ2) is 10.6. The Balaban J connectivity index is 1.61. The molecule has 2 aromatic rings. The summed E-state index contributed by atoms with van der Waals surface area (Å²) in [7, 11) is 3.98. The quantitative estimate of drug-likeness (QED) is 0.524. The van der Waals surface area contributed by atoms with Crippen LogP contribution in [-0.2, 0) is 10.5 Å². The van der Waals surface area contributed by atoms with Crippen molar-refractivity contribution >= 4 is 23.5 Å². The van der Waals surface area contributed by atoms with E-state index in [1.165, 1.54) is 0 Å². The molecule has 7 nitrogen and oxygen atoms in total. The number of amides is 1. The molecule has 2 heterocycles. The molecule has 0 atom stereocenters. The molecule has 0 aliphatic carbocycles. The highest BCUT2D eigenvalue weighted by molar-refractivity contribution is 7.98. The topological polar surface area (TPSA) is 70.6 Å². The van der Waals surface area contributed by atoms with Crippen molar-refractivity contribution in [2.75, 3.05) is 58.4 Å². The van der Waals surface area contributed by atoms with Gasteiger partial charge in [0.15, 0.2) is 5.16 Å². The van der Waals surface area contributed by atoms with E-state index in [9.17, 15) is 4.79 Å². The summed E-state index contributed by atoms with van der Waals surface area (Å²) in [5.41, 5.74) is 2.72. The molecule has 0 bridgehead atoms. The van der Waals surface area contributed by atoms with Crippen molar-refractivity contribution in [2.45, 2.75) is 17.8 Å². The van der Waals surface area contributed by atoms with Crippen molar-refractivity contribution in [1.82, 2.24) is 20.2 Å². The normalized spacial score (nSPS) is 14.3. The van der Waals surface area contributed by atoms with Crippen molar-refractivity contribution in [3.8, 4) is 0 Å². The van der Waals surface area contributed by atoms with Gasteiger partial charge in [-0.1, -0.05) is 23.9 Å². The minimum atomic E-state index is -0.0416. The number of ether oxygens (including phenoxy) is 1. The summed E-state index contributed by atoms with van der Waals surface area (Å²) < 4.78 is 5.43. The number of hydrogen-bond acceptors (Lipinski definition) is 7. The molecular weight excluding hydrogens is 386 g/mol. The maximum Gasteiger partial charge on any atom is 0.251 e. The summed E-state index contributed by atoms with van der Waals surface area (Å²) in [6, 6.07) is 9.76. The van der Waals surface area contributed by atoms with Gasteiger partial charge in [0.2, 0.25) is 0 Å². The molecule has 1 saturated heterocycles. The molecular formula is C21H29N5O2S. The van der Waals surface area contributed by atoms with Crippen LogP contribution in [0.3, 0.4) is 0 Å². The molecule has 3 rings (SSSR count). The number of rotatable bonds is 8. The average molecular weight is 416 g/mol. The highest BCUT2D eigenvalue weighted by Crippen LogP contribution is 2.23. The number of nitrogens with zero attached hydrogens (tertiary/aromatic N) is 4. The standard InChI is InChI=1S/C21H29N5O2S/c1-16-13-19(26-9-11-28-12-10-26)24-21(23-16)29-15-17-5-4-6-18(14-17)20(27)22-7-8-25(2)3/h4-6,13-14H,7-12,15H2,1-3H3,(H,22,27). The first kappa shape index (κ1) is 21.5. The van der Waals surface area contributed by atoms with Crippen LogP contribution in [-0.4, -0.2) is 74.3 Å². The fraction of sp³-hybridized carbons (Fsp3) is 0.476. The molecule has 0 radical (unpaired) electrons. The molecule has 1 aromatic heterocycles. The monoisotopic (exact) mass is 415 g/mol. The molecule has 1 aliphatic heterocycles. The van der Waals surface area contributed by atoms with Gasteiger partial charge in [0, 0.05) is 49.3 Å². The molecule has 0 saturated carbocycles. The smallest absolute Gasteiger partial charge is 0.251 e. The lowest BCUT2D eigenvalue weighted by Crippen LogP contribution is -2.36. The zero-order valence-corrected chi connectivity index (χ0v) is 18.2. The minimum absolute atomic E-state index is 0.0416. The number of carbonyl (C=O) groups excluding carboxylic acids is 1. The zero-order valence-electron chi connectivity index (χ0n) is 17.4. The van der Waals surface area contributed by atoms with Crippen LogP contribution < -0.4 is 10.2 Å². The van der Waals surface area contributed by atoms with Crippen LogP contribution in [0.1, 0.15) is 21.6 Å². The number of aromatic nitrogens is 2. The average Bonchev–Trinajstić information content (AvgIpc) is 2.72. The number of thioether (sulfide) groups is 1. The Morgan fingerprint density at radius 3 is 2.79 bits per heavy atom. The fourth-order valence-corrected chi connectivity index (χ4v) is 3.83. The van der Waals surface area contributed by atoms with Crippen LogP contribution in [0.2, 0.25) is 0 Å². The summed E-state index contributed by atoms with van der Waals surface area (Å²) in [4.78, 5) is 25.9. The number of benzene rings is 1. The predicted molar refractivity (Wildman–Crippen MR) is 117 cm³/mol. The van der Waals surface area contributed by atoms with Gasteiger partial charge in [-0.3, -0.25) is 4.79 Å². The van der Waals surface area contributed by atoms with Crippen molar-refractivity contribution in [1.29, 1.82) is 0 Å². The number of carbonyl (C=O) groups is 1. The van der Waals surface area contributed by atoms with Gasteiger partial charge in [-0.15, -0.1) is 0 Å². The molecule has 1 aliphatic rings. The zero-order chi connectivity index (χ0) is 20.6. The van der Waals surface area contributed by atoms with Gasteiger partial charge in [-0.2, -0.15) is 0 Å². The second-order valence-electron chi connectivity index (χ2n) is 7.30. The second-order valence-corrected chi connectivity index (χ2v) is 8.24. The number of aryl methyl sites for hydroxylation is 1. The molecule has 1 amide bonds. The fourth-order valence-electron chi connectivity index (χ4n) is 2.99. The van der Waals surface area contributed by atoms with E-state index < -0.39 is 0 Å². The third-order valence-corrected chi connectivity index (χ3v) is 5.48. The van der Waals surface area contributed by atoms with Gasteiger partial charge in [0.25, 0.3) is 5.91 Å². The van der Waals surface area contributed by atoms with Gasteiger partial charge in [0.05, 0.1) is 13.2 Å². The summed E-state index contributed by atoms with van der Waals surface area (Å²) in [6.07, 6.45) is 0. The van der Waals surface area contributed by atoms with E-state index >= 15 is 0 Å². The molecule has 0 unspecified atom stereocenters. The molecule has 1 aromatic carbocycles. The molecule has 1 N–H and O–H groups in total. The first-order chi connectivity index (χ1) is 14.0. The minimum Gasteiger partial charge on any atom is -0.378 e. The number of hydrogen-bond donors (Lipinski definition) is 1. The summed E-state index contributed by atoms with van der Waals surface area (Å²) in [6.45, 7) is 6.61. The Kier molecular flexibility index (Phi) is 7.85. The van der Waals surface area contributed by atoms with Crippen LogP contribution in [0.15, 0.2) is 35.5 Å². The Hall–Kier alpha value is -2.16. The van der Waals surface area contributed by atoms with E-state index in [0.29, 0.717) is 17.9 Å². The van der Waals surface area contributed by atoms with Crippen LogP contribution in [0.4, 0.5) is 5.82 Å². The third-order valence-electron chi connectivity index (χ3n) is 4.56. The van der Waals surface area contributed by atoms with Crippen molar-refractivity contribution in [3.63, 3.8) is 0 Å². The van der Waals surface area contributed by atoms with Crippen LogP contribution in [0, 0.1) is 6.92 Å². The van der Waals surface area contributed by atoms with Gasteiger partial charge < -0.3 is 19.9 Å².